The number of hydrogen-bond acceptors (Lipinski definition) is 5. The van der Waals surface area contributed by atoms with Crippen molar-refractivity contribution >= 4 is 40.7 Å². The molecule has 1 N–H and O–H groups in total. The van der Waals surface area contributed by atoms with Crippen molar-refractivity contribution in [3.05, 3.63) is 39.0 Å². The van der Waals surface area contributed by atoms with Crippen LogP contribution in [0.1, 0.15) is 15.2 Å². The third kappa shape index (κ3) is 3.28. The Kier molecular flexibility index (Phi) is 4.28. The van der Waals surface area contributed by atoms with Crippen LogP contribution < -0.4 is 9.47 Å². The zero-order valence-electron chi connectivity index (χ0n) is 10.8. The number of aromatic carboxylic acids is 1. The highest BCUT2D eigenvalue weighted by Gasteiger charge is 2.17. The van der Waals surface area contributed by atoms with Crippen molar-refractivity contribution in [3.8, 4) is 11.5 Å². The van der Waals surface area contributed by atoms with Gasteiger partial charge >= 0.3 is 5.97 Å². The predicted molar refractivity (Wildman–Crippen MR) is 83.3 cm³/mol. The molecule has 0 amide bonds. The van der Waals surface area contributed by atoms with E-state index >= 15 is 0 Å². The quantitative estimate of drug-likeness (QED) is 0.845. The highest BCUT2D eigenvalue weighted by Crippen LogP contribution is 2.39. The predicted octanol–water partition coefficient (Wildman–Crippen LogP) is 4.16. The van der Waals surface area contributed by atoms with E-state index in [-0.39, 0.29) is 0 Å². The van der Waals surface area contributed by atoms with E-state index in [1.54, 1.807) is 17.8 Å². The molecule has 0 radical (unpaired) electrons. The molecule has 3 rings (SSSR count). The van der Waals surface area contributed by atoms with Crippen molar-refractivity contribution in [2.45, 2.75) is 10.6 Å². The Labute approximate surface area is 134 Å². The molecule has 0 fully saturated rings. The van der Waals surface area contributed by atoms with Gasteiger partial charge in [0, 0.05) is 16.0 Å². The van der Waals surface area contributed by atoms with Crippen LogP contribution in [0.2, 0.25) is 5.02 Å². The lowest BCUT2D eigenvalue weighted by molar-refractivity contribution is 0.0702. The average Bonchev–Trinajstić information content (AvgIpc) is 2.94. The summed E-state index contributed by atoms with van der Waals surface area (Å²) < 4.78 is 11.0. The average molecular weight is 343 g/mol. The molecule has 0 atom stereocenters. The smallest absolute Gasteiger partial charge is 0.345 e. The molecule has 0 bridgehead atoms. The van der Waals surface area contributed by atoms with Crippen molar-refractivity contribution in [2.24, 2.45) is 0 Å². The van der Waals surface area contributed by atoms with E-state index in [1.807, 2.05) is 17.5 Å². The van der Waals surface area contributed by atoms with Crippen LogP contribution in [0.15, 0.2) is 28.5 Å². The molecule has 0 aliphatic carbocycles. The number of halogens is 1. The van der Waals surface area contributed by atoms with Gasteiger partial charge < -0.3 is 14.6 Å². The summed E-state index contributed by atoms with van der Waals surface area (Å²) in [6, 6.07) is 5.45. The minimum absolute atomic E-state index is 0.345. The molecule has 1 aromatic carbocycles. The van der Waals surface area contributed by atoms with E-state index in [9.17, 15) is 4.79 Å². The lowest BCUT2D eigenvalue weighted by Gasteiger charge is -2.20. The third-order valence-electron chi connectivity index (χ3n) is 2.85. The lowest BCUT2D eigenvalue weighted by Crippen LogP contribution is -2.15. The van der Waals surface area contributed by atoms with Gasteiger partial charge in [-0.1, -0.05) is 11.6 Å². The largest absolute Gasteiger partial charge is 0.486 e. The molecule has 0 saturated heterocycles. The summed E-state index contributed by atoms with van der Waals surface area (Å²) in [5, 5.41) is 11.3. The van der Waals surface area contributed by atoms with Crippen molar-refractivity contribution in [1.82, 2.24) is 0 Å². The fourth-order valence-electron chi connectivity index (χ4n) is 1.92. The fraction of sp³-hybridized carbons (Fsp3) is 0.214. The highest BCUT2D eigenvalue weighted by molar-refractivity contribution is 7.98. The number of carboxylic acids is 1. The Morgan fingerprint density at radius 2 is 2.14 bits per heavy atom. The van der Waals surface area contributed by atoms with Crippen LogP contribution in [0.4, 0.5) is 0 Å². The number of thiophene rings is 1. The summed E-state index contributed by atoms with van der Waals surface area (Å²) in [6.45, 7) is 1.03. The minimum Gasteiger partial charge on any atom is -0.486 e. The van der Waals surface area contributed by atoms with Crippen LogP contribution in [0.3, 0.4) is 0 Å². The molecule has 1 aliphatic heterocycles. The summed E-state index contributed by atoms with van der Waals surface area (Å²) in [5.74, 6) is 1.06. The summed E-state index contributed by atoms with van der Waals surface area (Å²) >= 11 is 8.98. The second-order valence-electron chi connectivity index (χ2n) is 4.34. The first kappa shape index (κ1) is 14.6. The Morgan fingerprint density at radius 3 is 2.90 bits per heavy atom. The van der Waals surface area contributed by atoms with Gasteiger partial charge in [0.1, 0.15) is 18.1 Å². The minimum atomic E-state index is -0.894. The molecule has 0 spiro atoms. The van der Waals surface area contributed by atoms with Crippen molar-refractivity contribution < 1.29 is 19.4 Å². The molecule has 110 valence electrons. The van der Waals surface area contributed by atoms with Gasteiger partial charge in [-0.25, -0.2) is 4.79 Å². The molecule has 21 heavy (non-hydrogen) atoms. The number of carbonyl (C=O) groups is 1. The fourth-order valence-corrected chi connectivity index (χ4v) is 4.01. The summed E-state index contributed by atoms with van der Waals surface area (Å²) in [7, 11) is 0. The number of benzene rings is 1. The Balaban J connectivity index is 1.72. The van der Waals surface area contributed by atoms with Crippen molar-refractivity contribution in [2.75, 3.05) is 13.2 Å². The van der Waals surface area contributed by atoms with Gasteiger partial charge in [-0.15, -0.1) is 23.1 Å². The van der Waals surface area contributed by atoms with Gasteiger partial charge in [0.15, 0.2) is 11.5 Å². The van der Waals surface area contributed by atoms with Gasteiger partial charge in [0.05, 0.1) is 5.02 Å². The molecule has 0 saturated carbocycles. The molecular formula is C14H11ClO4S2. The second-order valence-corrected chi connectivity index (χ2v) is 6.71. The molecule has 1 aromatic heterocycles. The first-order valence-electron chi connectivity index (χ1n) is 6.16. The molecular weight excluding hydrogens is 332 g/mol. The monoisotopic (exact) mass is 342 g/mol. The zero-order chi connectivity index (χ0) is 14.8. The first-order chi connectivity index (χ1) is 10.1. The SMILES string of the molecule is O=C(O)c1cc(SCc2cc(Cl)c3c(c2)OCCO3)cs1. The Morgan fingerprint density at radius 1 is 1.33 bits per heavy atom. The van der Waals surface area contributed by atoms with Crippen LogP contribution in [-0.2, 0) is 5.75 Å². The molecule has 1 aliphatic rings. The van der Waals surface area contributed by atoms with Crippen LogP contribution in [0, 0.1) is 0 Å². The number of carboxylic acid groups (broad SMARTS) is 1. The van der Waals surface area contributed by atoms with Crippen molar-refractivity contribution in [3.63, 3.8) is 0 Å². The van der Waals surface area contributed by atoms with E-state index in [2.05, 4.69) is 0 Å². The number of rotatable bonds is 4. The van der Waals surface area contributed by atoms with Crippen molar-refractivity contribution in [1.29, 1.82) is 0 Å². The second kappa shape index (κ2) is 6.17. The number of hydrogen-bond donors (Lipinski definition) is 1. The van der Waals surface area contributed by atoms with E-state index in [0.717, 1.165) is 10.5 Å². The maximum absolute atomic E-state index is 10.8. The Bertz CT molecular complexity index is 684. The van der Waals surface area contributed by atoms with Gasteiger partial charge in [-0.3, -0.25) is 0 Å². The van der Waals surface area contributed by atoms with Crippen LogP contribution >= 0.6 is 34.7 Å². The lowest BCUT2D eigenvalue weighted by atomic mass is 10.2. The maximum atomic E-state index is 10.8. The number of thioether (sulfide) groups is 1. The van der Waals surface area contributed by atoms with Crippen LogP contribution in [0.25, 0.3) is 0 Å². The zero-order valence-corrected chi connectivity index (χ0v) is 13.2. The van der Waals surface area contributed by atoms with E-state index in [0.29, 0.717) is 40.4 Å². The molecule has 2 heterocycles. The van der Waals surface area contributed by atoms with E-state index in [4.69, 9.17) is 26.2 Å². The maximum Gasteiger partial charge on any atom is 0.345 e. The van der Waals surface area contributed by atoms with Crippen LogP contribution in [-0.4, -0.2) is 24.3 Å². The molecule has 0 unspecified atom stereocenters. The summed E-state index contributed by atoms with van der Waals surface area (Å²) in [6.07, 6.45) is 0. The molecule has 4 nitrogen and oxygen atoms in total. The number of ether oxygens (including phenoxy) is 2. The highest BCUT2D eigenvalue weighted by atomic mass is 35.5. The molecule has 7 heteroatoms. The topological polar surface area (TPSA) is 55.8 Å². The third-order valence-corrected chi connectivity index (χ3v) is 5.24. The molecule has 2 aromatic rings. The van der Waals surface area contributed by atoms with Gasteiger partial charge in [-0.2, -0.15) is 0 Å². The summed E-state index contributed by atoms with van der Waals surface area (Å²) in [4.78, 5) is 12.1. The van der Waals surface area contributed by atoms with E-state index < -0.39 is 5.97 Å². The van der Waals surface area contributed by atoms with Crippen LogP contribution in [0.5, 0.6) is 11.5 Å². The van der Waals surface area contributed by atoms with Gasteiger partial charge in [-0.05, 0) is 23.8 Å². The van der Waals surface area contributed by atoms with Gasteiger partial charge in [0.2, 0.25) is 0 Å². The standard InChI is InChI=1S/C14H11ClO4S2/c15-10-3-8(4-11-13(10)19-2-1-18-11)6-20-9-5-12(14(16)17)21-7-9/h3-5,7H,1-2,6H2,(H,16,17). The normalized spacial score (nSPS) is 13.2. The van der Waals surface area contributed by atoms with Gasteiger partial charge in [0.25, 0.3) is 0 Å². The van der Waals surface area contributed by atoms with E-state index in [1.165, 1.54) is 11.3 Å². The summed E-state index contributed by atoms with van der Waals surface area (Å²) in [5.41, 5.74) is 1.01. The first-order valence-corrected chi connectivity index (χ1v) is 8.40. The Hall–Kier alpha value is -1.37. The number of fused-ring (bicyclic) bond motifs is 1.